The molecule has 0 aliphatic rings. The predicted molar refractivity (Wildman–Crippen MR) is 49.9 cm³/mol. The van der Waals surface area contributed by atoms with Gasteiger partial charge >= 0.3 is 0 Å². The summed E-state index contributed by atoms with van der Waals surface area (Å²) in [7, 11) is 0. The van der Waals surface area contributed by atoms with Gasteiger partial charge in [-0.25, -0.2) is 0 Å². The van der Waals surface area contributed by atoms with E-state index in [0.717, 1.165) is 9.21 Å². The molecule has 1 rings (SSSR count). The lowest BCUT2D eigenvalue weighted by molar-refractivity contribution is 0.959. The Kier molecular flexibility index (Phi) is 2.95. The Hall–Kier alpha value is -0.490. The molecule has 0 aliphatic heterocycles. The molecule has 0 spiro atoms. The Bertz CT molecular complexity index is 293. The fourth-order valence-electron chi connectivity index (χ4n) is 0.566. The second-order valence-corrected chi connectivity index (χ2v) is 3.88. The summed E-state index contributed by atoms with van der Waals surface area (Å²) < 4.78 is 0.763. The highest BCUT2D eigenvalue weighted by atomic mass is 35.5. The minimum atomic E-state index is -0.0733. The highest BCUT2D eigenvalue weighted by Crippen LogP contribution is 2.20. The van der Waals surface area contributed by atoms with E-state index < -0.39 is 0 Å². The van der Waals surface area contributed by atoms with E-state index >= 15 is 0 Å². The maximum absolute atomic E-state index is 5.70. The minimum Gasteiger partial charge on any atom is -0.318 e. The van der Waals surface area contributed by atoms with E-state index in [0.29, 0.717) is 0 Å². The third kappa shape index (κ3) is 2.94. The molecule has 0 radical (unpaired) electrons. The van der Waals surface area contributed by atoms with Crippen LogP contribution in [0, 0.1) is 11.8 Å². The van der Waals surface area contributed by atoms with Gasteiger partial charge in [-0.2, -0.15) is 0 Å². The van der Waals surface area contributed by atoms with Crippen LogP contribution in [0.1, 0.15) is 11.8 Å². The van der Waals surface area contributed by atoms with Crippen molar-refractivity contribution in [2.75, 3.05) is 0 Å². The van der Waals surface area contributed by atoms with Crippen LogP contribution in [0.15, 0.2) is 12.1 Å². The zero-order valence-corrected chi connectivity index (χ0v) is 7.67. The van der Waals surface area contributed by atoms with E-state index in [1.54, 1.807) is 0 Å². The van der Waals surface area contributed by atoms with Gasteiger partial charge in [0, 0.05) is 0 Å². The SMILES string of the molecule is CC(N)C#Cc1ccc(Cl)s1. The molecule has 1 heterocycles. The van der Waals surface area contributed by atoms with Gasteiger partial charge in [-0.05, 0) is 19.1 Å². The maximum Gasteiger partial charge on any atom is 0.0941 e. The first kappa shape index (κ1) is 8.61. The molecular formula is C8H8ClNS. The van der Waals surface area contributed by atoms with Crippen molar-refractivity contribution in [1.29, 1.82) is 0 Å². The van der Waals surface area contributed by atoms with Crippen LogP contribution in [-0.4, -0.2) is 6.04 Å². The van der Waals surface area contributed by atoms with E-state index in [9.17, 15) is 0 Å². The molecule has 0 aromatic carbocycles. The quantitative estimate of drug-likeness (QED) is 0.616. The van der Waals surface area contributed by atoms with Crippen molar-refractivity contribution in [3.05, 3.63) is 21.3 Å². The van der Waals surface area contributed by atoms with Gasteiger partial charge in [-0.15, -0.1) is 11.3 Å². The van der Waals surface area contributed by atoms with Crippen molar-refractivity contribution in [2.24, 2.45) is 5.73 Å². The standard InChI is InChI=1S/C8H8ClNS/c1-6(10)2-3-7-4-5-8(9)11-7/h4-6H,10H2,1H3. The van der Waals surface area contributed by atoms with E-state index in [-0.39, 0.29) is 6.04 Å². The van der Waals surface area contributed by atoms with Gasteiger partial charge in [0.25, 0.3) is 0 Å². The van der Waals surface area contributed by atoms with Gasteiger partial charge in [0.1, 0.15) is 0 Å². The van der Waals surface area contributed by atoms with E-state index in [4.69, 9.17) is 17.3 Å². The van der Waals surface area contributed by atoms with Crippen molar-refractivity contribution in [2.45, 2.75) is 13.0 Å². The number of halogens is 1. The predicted octanol–water partition coefficient (Wildman–Crippen LogP) is 2.10. The number of hydrogen-bond acceptors (Lipinski definition) is 2. The zero-order chi connectivity index (χ0) is 8.27. The third-order valence-electron chi connectivity index (χ3n) is 0.996. The van der Waals surface area contributed by atoms with E-state index in [1.165, 1.54) is 11.3 Å². The van der Waals surface area contributed by atoms with E-state index in [2.05, 4.69) is 11.8 Å². The Morgan fingerprint density at radius 3 is 2.82 bits per heavy atom. The molecule has 0 amide bonds. The molecule has 1 unspecified atom stereocenters. The molecule has 0 fully saturated rings. The first-order valence-corrected chi connectivity index (χ1v) is 4.40. The topological polar surface area (TPSA) is 26.0 Å². The number of hydrogen-bond donors (Lipinski definition) is 1. The maximum atomic E-state index is 5.70. The van der Waals surface area contributed by atoms with Gasteiger partial charge in [0.2, 0.25) is 0 Å². The zero-order valence-electron chi connectivity index (χ0n) is 6.10. The van der Waals surface area contributed by atoms with Gasteiger partial charge in [-0.3, -0.25) is 0 Å². The average Bonchev–Trinajstić information content (AvgIpc) is 2.31. The van der Waals surface area contributed by atoms with Crippen LogP contribution in [0.2, 0.25) is 4.34 Å². The van der Waals surface area contributed by atoms with Gasteiger partial charge in [-0.1, -0.05) is 23.4 Å². The summed E-state index contributed by atoms with van der Waals surface area (Å²) in [6, 6.07) is 3.65. The summed E-state index contributed by atoms with van der Waals surface area (Å²) in [5.74, 6) is 5.78. The fraction of sp³-hybridized carbons (Fsp3) is 0.250. The summed E-state index contributed by atoms with van der Waals surface area (Å²) in [6.45, 7) is 1.85. The highest BCUT2D eigenvalue weighted by molar-refractivity contribution is 7.16. The number of nitrogens with two attached hydrogens (primary N) is 1. The summed E-state index contributed by atoms with van der Waals surface area (Å²) in [4.78, 5) is 0.965. The fourth-order valence-corrected chi connectivity index (χ4v) is 1.47. The second-order valence-electron chi connectivity index (χ2n) is 2.16. The Labute approximate surface area is 75.2 Å². The third-order valence-corrected chi connectivity index (χ3v) is 2.14. The molecule has 1 nitrogen and oxygen atoms in total. The molecule has 0 saturated heterocycles. The van der Waals surface area contributed by atoms with Crippen LogP contribution in [0.4, 0.5) is 0 Å². The van der Waals surface area contributed by atoms with E-state index in [1.807, 2.05) is 19.1 Å². The molecule has 1 aromatic heterocycles. The van der Waals surface area contributed by atoms with Gasteiger partial charge < -0.3 is 5.73 Å². The van der Waals surface area contributed by atoms with Gasteiger partial charge in [0.15, 0.2) is 0 Å². The summed E-state index contributed by atoms with van der Waals surface area (Å²) in [6.07, 6.45) is 0. The molecular weight excluding hydrogens is 178 g/mol. The van der Waals surface area contributed by atoms with Crippen LogP contribution < -0.4 is 5.73 Å². The molecule has 11 heavy (non-hydrogen) atoms. The molecule has 1 aromatic rings. The lowest BCUT2D eigenvalue weighted by Crippen LogP contribution is -2.10. The van der Waals surface area contributed by atoms with Crippen molar-refractivity contribution < 1.29 is 0 Å². The smallest absolute Gasteiger partial charge is 0.0941 e. The summed E-state index contributed by atoms with van der Waals surface area (Å²) in [5, 5.41) is 0. The molecule has 1 atom stereocenters. The Morgan fingerprint density at radius 2 is 2.36 bits per heavy atom. The molecule has 0 saturated carbocycles. The molecule has 3 heteroatoms. The number of rotatable bonds is 0. The number of thiophene rings is 1. The summed E-state index contributed by atoms with van der Waals surface area (Å²) >= 11 is 7.16. The lowest BCUT2D eigenvalue weighted by Gasteiger charge is -1.86. The first-order valence-electron chi connectivity index (χ1n) is 3.21. The molecule has 0 aliphatic carbocycles. The van der Waals surface area contributed by atoms with Crippen molar-refractivity contribution in [3.8, 4) is 11.8 Å². The Balaban J connectivity index is 2.74. The molecule has 58 valence electrons. The highest BCUT2D eigenvalue weighted by Gasteiger charge is 1.92. The minimum absolute atomic E-state index is 0.0733. The van der Waals surface area contributed by atoms with Crippen molar-refractivity contribution in [1.82, 2.24) is 0 Å². The molecule has 0 bridgehead atoms. The average molecular weight is 186 g/mol. The summed E-state index contributed by atoms with van der Waals surface area (Å²) in [5.41, 5.74) is 5.45. The van der Waals surface area contributed by atoms with Crippen LogP contribution >= 0.6 is 22.9 Å². The van der Waals surface area contributed by atoms with Crippen LogP contribution in [-0.2, 0) is 0 Å². The van der Waals surface area contributed by atoms with Crippen LogP contribution in [0.25, 0.3) is 0 Å². The van der Waals surface area contributed by atoms with Crippen LogP contribution in [0.3, 0.4) is 0 Å². The van der Waals surface area contributed by atoms with Crippen molar-refractivity contribution in [3.63, 3.8) is 0 Å². The van der Waals surface area contributed by atoms with Crippen LogP contribution in [0.5, 0.6) is 0 Å². The normalized spacial score (nSPS) is 11.9. The monoisotopic (exact) mass is 185 g/mol. The van der Waals surface area contributed by atoms with Crippen molar-refractivity contribution >= 4 is 22.9 Å². The Morgan fingerprint density at radius 1 is 1.64 bits per heavy atom. The second kappa shape index (κ2) is 3.77. The van der Waals surface area contributed by atoms with Gasteiger partial charge in [0.05, 0.1) is 15.3 Å². The first-order chi connectivity index (χ1) is 5.18. The lowest BCUT2D eigenvalue weighted by atomic mass is 10.3. The largest absolute Gasteiger partial charge is 0.318 e. The molecule has 2 N–H and O–H groups in total.